The lowest BCUT2D eigenvalue weighted by atomic mass is 9.98. The van der Waals surface area contributed by atoms with Crippen molar-refractivity contribution in [3.05, 3.63) is 16.1 Å². The van der Waals surface area contributed by atoms with Crippen LogP contribution in [0, 0.1) is 6.92 Å². The number of rotatable bonds is 4. The number of halogens is 3. The van der Waals surface area contributed by atoms with E-state index in [2.05, 4.69) is 9.72 Å². The molecular formula is C14H19F3N2O2S. The molecule has 1 aliphatic rings. The SMILES string of the molecule is Cc1csc([C@H]2CCCN(C(=O)[C@H](C)OCC(F)(F)F)C2)n1. The summed E-state index contributed by atoms with van der Waals surface area (Å²) in [5.74, 6) is -0.228. The highest BCUT2D eigenvalue weighted by molar-refractivity contribution is 7.09. The Balaban J connectivity index is 1.92. The summed E-state index contributed by atoms with van der Waals surface area (Å²) in [4.78, 5) is 18.2. The number of aromatic nitrogens is 1. The van der Waals surface area contributed by atoms with Crippen molar-refractivity contribution in [3.8, 4) is 0 Å². The topological polar surface area (TPSA) is 42.4 Å². The molecule has 0 aromatic carbocycles. The van der Waals surface area contributed by atoms with Crippen molar-refractivity contribution in [2.75, 3.05) is 19.7 Å². The zero-order valence-corrected chi connectivity index (χ0v) is 13.3. The van der Waals surface area contributed by atoms with Crippen LogP contribution in [0.1, 0.15) is 36.4 Å². The molecule has 22 heavy (non-hydrogen) atoms. The van der Waals surface area contributed by atoms with Gasteiger partial charge in [-0.2, -0.15) is 13.2 Å². The molecule has 1 aliphatic heterocycles. The molecule has 0 N–H and O–H groups in total. The van der Waals surface area contributed by atoms with Crippen LogP contribution in [0.4, 0.5) is 13.2 Å². The van der Waals surface area contributed by atoms with E-state index in [0.29, 0.717) is 13.1 Å². The highest BCUT2D eigenvalue weighted by atomic mass is 32.1. The first-order chi connectivity index (χ1) is 10.3. The summed E-state index contributed by atoms with van der Waals surface area (Å²) in [6, 6.07) is 0. The second-order valence-electron chi connectivity index (χ2n) is 5.52. The van der Waals surface area contributed by atoms with Crippen molar-refractivity contribution in [1.82, 2.24) is 9.88 Å². The molecule has 1 aromatic heterocycles. The first-order valence-electron chi connectivity index (χ1n) is 7.15. The third kappa shape index (κ3) is 4.67. The van der Waals surface area contributed by atoms with Gasteiger partial charge in [0.2, 0.25) is 0 Å². The number of hydrogen-bond donors (Lipinski definition) is 0. The number of ether oxygens (including phenoxy) is 1. The Bertz CT molecular complexity index is 518. The Morgan fingerprint density at radius 3 is 2.91 bits per heavy atom. The Hall–Kier alpha value is -1.15. The van der Waals surface area contributed by atoms with Crippen molar-refractivity contribution in [2.45, 2.75) is 44.9 Å². The molecule has 0 saturated carbocycles. The molecule has 2 rings (SSSR count). The van der Waals surface area contributed by atoms with Crippen LogP contribution < -0.4 is 0 Å². The van der Waals surface area contributed by atoms with E-state index < -0.39 is 18.9 Å². The first-order valence-corrected chi connectivity index (χ1v) is 8.03. The molecule has 0 spiro atoms. The molecule has 124 valence electrons. The molecule has 1 saturated heterocycles. The van der Waals surface area contributed by atoms with Gasteiger partial charge in [0.05, 0.1) is 5.01 Å². The summed E-state index contributed by atoms with van der Waals surface area (Å²) < 4.78 is 41.1. The van der Waals surface area contributed by atoms with Gasteiger partial charge in [0.15, 0.2) is 0 Å². The Morgan fingerprint density at radius 2 is 2.32 bits per heavy atom. The summed E-state index contributed by atoms with van der Waals surface area (Å²) in [6.45, 7) is 2.93. The number of alkyl halides is 3. The quantitative estimate of drug-likeness (QED) is 0.848. The molecule has 2 heterocycles. The van der Waals surface area contributed by atoms with Gasteiger partial charge in [-0.15, -0.1) is 11.3 Å². The predicted octanol–water partition coefficient (Wildman–Crippen LogP) is 3.12. The summed E-state index contributed by atoms with van der Waals surface area (Å²) in [5, 5.41) is 2.95. The number of amides is 1. The van der Waals surface area contributed by atoms with E-state index in [1.165, 1.54) is 6.92 Å². The number of thiazole rings is 1. The van der Waals surface area contributed by atoms with E-state index in [-0.39, 0.29) is 11.8 Å². The van der Waals surface area contributed by atoms with Crippen molar-refractivity contribution >= 4 is 17.2 Å². The summed E-state index contributed by atoms with van der Waals surface area (Å²) in [5.41, 5.74) is 0.949. The Labute approximate surface area is 131 Å². The van der Waals surface area contributed by atoms with Gasteiger partial charge in [-0.1, -0.05) is 0 Å². The molecule has 1 amide bonds. The number of piperidine rings is 1. The fourth-order valence-electron chi connectivity index (χ4n) is 2.49. The monoisotopic (exact) mass is 336 g/mol. The van der Waals surface area contributed by atoms with Crippen LogP contribution in [0.15, 0.2) is 5.38 Å². The van der Waals surface area contributed by atoms with E-state index in [9.17, 15) is 18.0 Å². The molecule has 0 aliphatic carbocycles. The minimum atomic E-state index is -4.42. The third-order valence-electron chi connectivity index (χ3n) is 3.56. The largest absolute Gasteiger partial charge is 0.411 e. The second-order valence-corrected chi connectivity index (χ2v) is 6.41. The van der Waals surface area contributed by atoms with Crippen molar-refractivity contribution in [2.24, 2.45) is 0 Å². The number of carbonyl (C=O) groups is 1. The number of likely N-dealkylation sites (tertiary alicyclic amines) is 1. The molecular weight excluding hydrogens is 317 g/mol. The lowest BCUT2D eigenvalue weighted by molar-refractivity contribution is -0.188. The van der Waals surface area contributed by atoms with Gasteiger partial charge < -0.3 is 9.64 Å². The Kier molecular flexibility index (Phi) is 5.44. The maximum Gasteiger partial charge on any atom is 0.411 e. The van der Waals surface area contributed by atoms with Crippen molar-refractivity contribution < 1.29 is 22.7 Å². The maximum absolute atomic E-state index is 12.2. The smallest absolute Gasteiger partial charge is 0.359 e. The molecule has 1 fully saturated rings. The van der Waals surface area contributed by atoms with Gasteiger partial charge in [-0.25, -0.2) is 4.98 Å². The predicted molar refractivity (Wildman–Crippen MR) is 76.9 cm³/mol. The maximum atomic E-state index is 12.2. The van der Waals surface area contributed by atoms with Crippen LogP contribution in [0.3, 0.4) is 0 Å². The molecule has 8 heteroatoms. The van der Waals surface area contributed by atoms with Crippen molar-refractivity contribution in [1.29, 1.82) is 0 Å². The zero-order valence-electron chi connectivity index (χ0n) is 12.5. The van der Waals surface area contributed by atoms with Crippen LogP contribution in [-0.4, -0.2) is 47.8 Å². The first kappa shape index (κ1) is 17.2. The van der Waals surface area contributed by atoms with E-state index in [1.54, 1.807) is 16.2 Å². The standard InChI is InChI=1S/C14H19F3N2O2S/c1-9-7-22-12(18-9)11-4-3-5-19(6-11)13(20)10(2)21-8-14(15,16)17/h7,10-11H,3-6,8H2,1-2H3/t10-,11-/m0/s1. The van der Waals surface area contributed by atoms with E-state index in [1.807, 2.05) is 12.3 Å². The second kappa shape index (κ2) is 6.95. The van der Waals surface area contributed by atoms with E-state index in [0.717, 1.165) is 23.5 Å². The molecule has 0 radical (unpaired) electrons. The highest BCUT2D eigenvalue weighted by Crippen LogP contribution is 2.29. The number of hydrogen-bond acceptors (Lipinski definition) is 4. The number of nitrogens with zero attached hydrogens (tertiary/aromatic N) is 2. The van der Waals surface area contributed by atoms with Crippen LogP contribution in [-0.2, 0) is 9.53 Å². The molecule has 4 nitrogen and oxygen atoms in total. The minimum absolute atomic E-state index is 0.159. The third-order valence-corrected chi connectivity index (χ3v) is 4.69. The normalized spacial score (nSPS) is 21.0. The highest BCUT2D eigenvalue weighted by Gasteiger charge is 2.33. The van der Waals surface area contributed by atoms with Gasteiger partial charge in [0.25, 0.3) is 5.91 Å². The van der Waals surface area contributed by atoms with Crippen LogP contribution in [0.2, 0.25) is 0 Å². The summed E-state index contributed by atoms with van der Waals surface area (Å²) in [6.07, 6.45) is -3.74. The molecule has 1 aromatic rings. The fourth-order valence-corrected chi connectivity index (χ4v) is 3.41. The van der Waals surface area contributed by atoms with Gasteiger partial charge in [-0.3, -0.25) is 4.79 Å². The zero-order chi connectivity index (χ0) is 16.3. The fraction of sp³-hybridized carbons (Fsp3) is 0.714. The number of carbonyl (C=O) groups excluding carboxylic acids is 1. The molecule has 2 atom stereocenters. The van der Waals surface area contributed by atoms with Gasteiger partial charge in [-0.05, 0) is 26.7 Å². The van der Waals surface area contributed by atoms with Crippen LogP contribution in [0.5, 0.6) is 0 Å². The Morgan fingerprint density at radius 1 is 1.59 bits per heavy atom. The lowest BCUT2D eigenvalue weighted by Crippen LogP contribution is -2.45. The van der Waals surface area contributed by atoms with Crippen LogP contribution in [0.25, 0.3) is 0 Å². The van der Waals surface area contributed by atoms with Crippen molar-refractivity contribution in [3.63, 3.8) is 0 Å². The van der Waals surface area contributed by atoms with E-state index >= 15 is 0 Å². The average Bonchev–Trinajstić information content (AvgIpc) is 2.90. The molecule has 0 unspecified atom stereocenters. The minimum Gasteiger partial charge on any atom is -0.359 e. The van der Waals surface area contributed by atoms with Gasteiger partial charge in [0, 0.05) is 30.1 Å². The van der Waals surface area contributed by atoms with Gasteiger partial charge in [0.1, 0.15) is 12.7 Å². The summed E-state index contributed by atoms with van der Waals surface area (Å²) in [7, 11) is 0. The van der Waals surface area contributed by atoms with E-state index in [4.69, 9.17) is 0 Å². The summed E-state index contributed by atoms with van der Waals surface area (Å²) >= 11 is 1.56. The van der Waals surface area contributed by atoms with Gasteiger partial charge >= 0.3 is 6.18 Å². The number of aryl methyl sites for hydroxylation is 1. The lowest BCUT2D eigenvalue weighted by Gasteiger charge is -2.33. The average molecular weight is 336 g/mol. The molecule has 0 bridgehead atoms. The van der Waals surface area contributed by atoms with Crippen LogP contribution >= 0.6 is 11.3 Å².